The molecule has 1 aromatic carbocycles. The lowest BCUT2D eigenvalue weighted by molar-refractivity contribution is 0.405. The first-order chi connectivity index (χ1) is 7.77. The molecule has 0 aliphatic rings. The van der Waals surface area contributed by atoms with Crippen LogP contribution >= 0.6 is 0 Å². The molecule has 0 aromatic heterocycles. The standard InChI is InChI=1S/C11H8F6/c1-4(2)7(13)8(14)5-3-6(12)10(16)11(17)9(5)15/h3-4H,1-2H3. The second-order valence-corrected chi connectivity index (χ2v) is 3.66. The minimum Gasteiger partial charge on any atom is -0.208 e. The van der Waals surface area contributed by atoms with Gasteiger partial charge >= 0.3 is 0 Å². The van der Waals surface area contributed by atoms with E-state index in [1.54, 1.807) is 0 Å². The highest BCUT2D eigenvalue weighted by Crippen LogP contribution is 2.30. The van der Waals surface area contributed by atoms with Crippen LogP contribution in [0.3, 0.4) is 0 Å². The molecule has 0 spiro atoms. The van der Waals surface area contributed by atoms with Crippen molar-refractivity contribution in [3.8, 4) is 0 Å². The Hall–Kier alpha value is -1.46. The van der Waals surface area contributed by atoms with E-state index in [1.807, 2.05) is 0 Å². The Morgan fingerprint density at radius 1 is 0.941 bits per heavy atom. The average Bonchev–Trinajstić information content (AvgIpc) is 2.29. The third-order valence-corrected chi connectivity index (χ3v) is 2.06. The van der Waals surface area contributed by atoms with E-state index < -0.39 is 46.4 Å². The van der Waals surface area contributed by atoms with E-state index in [0.29, 0.717) is 0 Å². The first-order valence-electron chi connectivity index (χ1n) is 4.65. The fourth-order valence-corrected chi connectivity index (χ4v) is 1.11. The van der Waals surface area contributed by atoms with Crippen molar-refractivity contribution in [1.82, 2.24) is 0 Å². The first kappa shape index (κ1) is 13.6. The smallest absolute Gasteiger partial charge is 0.198 e. The summed E-state index contributed by atoms with van der Waals surface area (Å²) in [6, 6.07) is 0.0744. The van der Waals surface area contributed by atoms with Gasteiger partial charge < -0.3 is 0 Å². The van der Waals surface area contributed by atoms with E-state index in [-0.39, 0.29) is 6.07 Å². The van der Waals surface area contributed by atoms with Crippen LogP contribution in [-0.4, -0.2) is 0 Å². The highest BCUT2D eigenvalue weighted by atomic mass is 19.2. The first-order valence-corrected chi connectivity index (χ1v) is 4.65. The van der Waals surface area contributed by atoms with Crippen LogP contribution in [0.15, 0.2) is 11.9 Å². The summed E-state index contributed by atoms with van der Waals surface area (Å²) >= 11 is 0. The SMILES string of the molecule is CC(C)C(F)=C(F)c1cc(F)c(F)c(F)c1F. The van der Waals surface area contributed by atoms with Gasteiger partial charge in [-0.25, -0.2) is 26.3 Å². The van der Waals surface area contributed by atoms with Crippen molar-refractivity contribution in [3.63, 3.8) is 0 Å². The molecule has 0 fully saturated rings. The van der Waals surface area contributed by atoms with Crippen molar-refractivity contribution in [3.05, 3.63) is 40.7 Å². The van der Waals surface area contributed by atoms with Crippen LogP contribution < -0.4 is 0 Å². The van der Waals surface area contributed by atoms with Crippen LogP contribution in [0.2, 0.25) is 0 Å². The molecule has 94 valence electrons. The Labute approximate surface area is 93.6 Å². The van der Waals surface area contributed by atoms with E-state index in [0.717, 1.165) is 0 Å². The van der Waals surface area contributed by atoms with Crippen LogP contribution in [0.5, 0.6) is 0 Å². The molecule has 0 saturated heterocycles. The van der Waals surface area contributed by atoms with Gasteiger partial charge in [-0.2, -0.15) is 0 Å². The van der Waals surface area contributed by atoms with Crippen molar-refractivity contribution in [2.45, 2.75) is 13.8 Å². The zero-order valence-electron chi connectivity index (χ0n) is 8.92. The molecule has 0 unspecified atom stereocenters. The Morgan fingerprint density at radius 2 is 1.47 bits per heavy atom. The summed E-state index contributed by atoms with van der Waals surface area (Å²) in [4.78, 5) is 0. The van der Waals surface area contributed by atoms with Crippen LogP contribution in [-0.2, 0) is 0 Å². The highest BCUT2D eigenvalue weighted by molar-refractivity contribution is 5.62. The predicted molar refractivity (Wildman–Crippen MR) is 50.2 cm³/mol. The molecule has 0 bridgehead atoms. The molecule has 0 nitrogen and oxygen atoms in total. The lowest BCUT2D eigenvalue weighted by Gasteiger charge is -2.07. The Bertz CT molecular complexity index is 475. The van der Waals surface area contributed by atoms with Crippen molar-refractivity contribution >= 4 is 5.83 Å². The van der Waals surface area contributed by atoms with Gasteiger partial charge in [-0.1, -0.05) is 13.8 Å². The molecule has 0 N–H and O–H groups in total. The molecule has 17 heavy (non-hydrogen) atoms. The third-order valence-electron chi connectivity index (χ3n) is 2.06. The topological polar surface area (TPSA) is 0 Å². The maximum Gasteiger partial charge on any atom is 0.198 e. The summed E-state index contributed by atoms with van der Waals surface area (Å²) in [5.41, 5.74) is -1.27. The van der Waals surface area contributed by atoms with Crippen molar-refractivity contribution in [2.24, 2.45) is 5.92 Å². The van der Waals surface area contributed by atoms with Gasteiger partial charge in [0.25, 0.3) is 0 Å². The molecule has 1 aromatic rings. The summed E-state index contributed by atoms with van der Waals surface area (Å²) in [5, 5.41) is 0. The van der Waals surface area contributed by atoms with Gasteiger partial charge in [0, 0.05) is 5.92 Å². The van der Waals surface area contributed by atoms with Gasteiger partial charge in [0.15, 0.2) is 29.1 Å². The lowest BCUT2D eigenvalue weighted by Crippen LogP contribution is -2.01. The fourth-order valence-electron chi connectivity index (χ4n) is 1.11. The monoisotopic (exact) mass is 254 g/mol. The second-order valence-electron chi connectivity index (χ2n) is 3.66. The minimum atomic E-state index is -2.17. The van der Waals surface area contributed by atoms with Crippen molar-refractivity contribution in [2.75, 3.05) is 0 Å². The van der Waals surface area contributed by atoms with Crippen molar-refractivity contribution in [1.29, 1.82) is 0 Å². The molecule has 0 amide bonds. The Kier molecular flexibility index (Phi) is 3.85. The molecule has 0 saturated carbocycles. The Morgan fingerprint density at radius 3 is 1.94 bits per heavy atom. The molecular weight excluding hydrogens is 246 g/mol. The molecule has 6 heteroatoms. The zero-order chi connectivity index (χ0) is 13.3. The molecular formula is C11H8F6. The predicted octanol–water partition coefficient (Wildman–Crippen LogP) is 4.51. The largest absolute Gasteiger partial charge is 0.208 e. The lowest BCUT2D eigenvalue weighted by atomic mass is 10.1. The van der Waals surface area contributed by atoms with Gasteiger partial charge in [0.05, 0.1) is 5.56 Å². The summed E-state index contributed by atoms with van der Waals surface area (Å²) in [5.74, 6) is -12.0. The van der Waals surface area contributed by atoms with E-state index in [2.05, 4.69) is 0 Å². The van der Waals surface area contributed by atoms with Gasteiger partial charge in [-0.3, -0.25) is 0 Å². The summed E-state index contributed by atoms with van der Waals surface area (Å²) < 4.78 is 77.7. The number of halogens is 6. The highest BCUT2D eigenvalue weighted by Gasteiger charge is 2.24. The van der Waals surface area contributed by atoms with Gasteiger partial charge in [-0.05, 0) is 6.07 Å². The summed E-state index contributed by atoms with van der Waals surface area (Å²) in [7, 11) is 0. The quantitative estimate of drug-likeness (QED) is 0.414. The van der Waals surface area contributed by atoms with Gasteiger partial charge in [0.2, 0.25) is 0 Å². The van der Waals surface area contributed by atoms with E-state index in [1.165, 1.54) is 13.8 Å². The normalized spacial score (nSPS) is 13.0. The molecule has 0 radical (unpaired) electrons. The van der Waals surface area contributed by atoms with Crippen LogP contribution in [0.4, 0.5) is 26.3 Å². The van der Waals surface area contributed by atoms with Crippen molar-refractivity contribution < 1.29 is 26.3 Å². The minimum absolute atomic E-state index is 0.0744. The number of rotatable bonds is 2. The molecule has 1 rings (SSSR count). The zero-order valence-corrected chi connectivity index (χ0v) is 8.92. The fraction of sp³-hybridized carbons (Fsp3) is 0.273. The molecule has 0 aliphatic carbocycles. The van der Waals surface area contributed by atoms with E-state index >= 15 is 0 Å². The number of hydrogen-bond acceptors (Lipinski definition) is 0. The summed E-state index contributed by atoms with van der Waals surface area (Å²) in [6.45, 7) is 2.53. The summed E-state index contributed by atoms with van der Waals surface area (Å²) in [6.07, 6.45) is 0. The van der Waals surface area contributed by atoms with Gasteiger partial charge in [-0.15, -0.1) is 0 Å². The molecule has 0 heterocycles. The second kappa shape index (κ2) is 4.81. The molecule has 0 atom stereocenters. The van der Waals surface area contributed by atoms with Crippen LogP contribution in [0.1, 0.15) is 19.4 Å². The average molecular weight is 254 g/mol. The van der Waals surface area contributed by atoms with Crippen LogP contribution in [0.25, 0.3) is 5.83 Å². The number of benzene rings is 1. The van der Waals surface area contributed by atoms with E-state index in [4.69, 9.17) is 0 Å². The van der Waals surface area contributed by atoms with Gasteiger partial charge in [0.1, 0.15) is 5.83 Å². The number of hydrogen-bond donors (Lipinski definition) is 0. The third kappa shape index (κ3) is 2.45. The number of allylic oxidation sites excluding steroid dienone is 1. The Balaban J connectivity index is 3.49. The maximum absolute atomic E-state index is 13.3. The molecule has 0 aliphatic heterocycles. The van der Waals surface area contributed by atoms with E-state index in [9.17, 15) is 26.3 Å². The maximum atomic E-state index is 13.3. The van der Waals surface area contributed by atoms with Crippen LogP contribution in [0, 0.1) is 29.2 Å².